The maximum atomic E-state index is 11.5. The van der Waals surface area contributed by atoms with Crippen molar-refractivity contribution >= 4 is 10.1 Å². The van der Waals surface area contributed by atoms with Crippen LogP contribution in [0.2, 0.25) is 0 Å². The zero-order chi connectivity index (χ0) is 11.9. The average molecular weight is 241 g/mol. The standard InChI is InChI=1S/C11H15NO3S/c1-7-3-4-8(16(13,14)15-2)5-9(7)10-6-11(10)12/h3-5,10-11H,6,12H2,1-2H3/t10-,11+/m0/s1. The molecule has 4 nitrogen and oxygen atoms in total. The Kier molecular flexibility index (Phi) is 2.77. The molecule has 0 bridgehead atoms. The van der Waals surface area contributed by atoms with Crippen molar-refractivity contribution in [3.05, 3.63) is 29.3 Å². The fraction of sp³-hybridized carbons (Fsp3) is 0.455. The van der Waals surface area contributed by atoms with Crippen molar-refractivity contribution in [3.63, 3.8) is 0 Å². The van der Waals surface area contributed by atoms with Gasteiger partial charge in [0.15, 0.2) is 0 Å². The van der Waals surface area contributed by atoms with Gasteiger partial charge in [-0.05, 0) is 36.6 Å². The first kappa shape index (κ1) is 11.6. The Hall–Kier alpha value is -0.910. The summed E-state index contributed by atoms with van der Waals surface area (Å²) in [6.07, 6.45) is 0.928. The lowest BCUT2D eigenvalue weighted by atomic mass is 10.0. The van der Waals surface area contributed by atoms with Crippen LogP contribution in [0.5, 0.6) is 0 Å². The molecular formula is C11H15NO3S. The van der Waals surface area contributed by atoms with Crippen molar-refractivity contribution in [3.8, 4) is 0 Å². The smallest absolute Gasteiger partial charge is 0.296 e. The van der Waals surface area contributed by atoms with Crippen molar-refractivity contribution in [2.24, 2.45) is 5.73 Å². The minimum absolute atomic E-state index is 0.166. The van der Waals surface area contributed by atoms with E-state index in [1.165, 1.54) is 0 Å². The third kappa shape index (κ3) is 1.98. The number of hydrogen-bond donors (Lipinski definition) is 1. The Morgan fingerprint density at radius 1 is 1.44 bits per heavy atom. The van der Waals surface area contributed by atoms with E-state index in [0.717, 1.165) is 24.7 Å². The van der Waals surface area contributed by atoms with Gasteiger partial charge >= 0.3 is 0 Å². The van der Waals surface area contributed by atoms with E-state index in [9.17, 15) is 8.42 Å². The Labute approximate surface area is 95.5 Å². The van der Waals surface area contributed by atoms with Gasteiger partial charge in [-0.25, -0.2) is 0 Å². The fourth-order valence-electron chi connectivity index (χ4n) is 1.84. The second-order valence-corrected chi connectivity index (χ2v) is 5.86. The maximum Gasteiger partial charge on any atom is 0.296 e. The molecule has 1 aliphatic carbocycles. The van der Waals surface area contributed by atoms with Crippen LogP contribution in [-0.2, 0) is 14.3 Å². The molecule has 0 aliphatic heterocycles. The molecule has 88 valence electrons. The molecule has 0 aromatic heterocycles. The van der Waals surface area contributed by atoms with Crippen LogP contribution in [0.4, 0.5) is 0 Å². The first-order valence-electron chi connectivity index (χ1n) is 5.12. The Morgan fingerprint density at radius 2 is 2.06 bits per heavy atom. The summed E-state index contributed by atoms with van der Waals surface area (Å²) in [7, 11) is -2.44. The second kappa shape index (κ2) is 3.84. The molecule has 1 aromatic carbocycles. The summed E-state index contributed by atoms with van der Waals surface area (Å²) in [4.78, 5) is 0.203. The number of hydrogen-bond acceptors (Lipinski definition) is 4. The lowest BCUT2D eigenvalue weighted by Gasteiger charge is -2.07. The highest BCUT2D eigenvalue weighted by Crippen LogP contribution is 2.41. The normalized spacial score (nSPS) is 24.4. The summed E-state index contributed by atoms with van der Waals surface area (Å²) >= 11 is 0. The molecular weight excluding hydrogens is 226 g/mol. The maximum absolute atomic E-state index is 11.5. The predicted molar refractivity (Wildman–Crippen MR) is 60.7 cm³/mol. The van der Waals surface area contributed by atoms with Crippen molar-refractivity contribution in [2.45, 2.75) is 30.2 Å². The van der Waals surface area contributed by atoms with E-state index in [-0.39, 0.29) is 10.9 Å². The number of aryl methyl sites for hydroxylation is 1. The van der Waals surface area contributed by atoms with Gasteiger partial charge in [-0.2, -0.15) is 8.42 Å². The first-order chi connectivity index (χ1) is 7.45. The SMILES string of the molecule is COS(=O)(=O)c1ccc(C)c([C@@H]2C[C@H]2N)c1. The van der Waals surface area contributed by atoms with Crippen molar-refractivity contribution < 1.29 is 12.6 Å². The van der Waals surface area contributed by atoms with E-state index in [2.05, 4.69) is 4.18 Å². The molecule has 0 amide bonds. The van der Waals surface area contributed by atoms with Crippen LogP contribution in [0, 0.1) is 6.92 Å². The van der Waals surface area contributed by atoms with Crippen molar-refractivity contribution in [1.29, 1.82) is 0 Å². The molecule has 1 aromatic rings. The van der Waals surface area contributed by atoms with E-state index >= 15 is 0 Å². The molecule has 1 aliphatic rings. The third-order valence-corrected chi connectivity index (χ3v) is 4.27. The highest BCUT2D eigenvalue weighted by atomic mass is 32.2. The second-order valence-electron chi connectivity index (χ2n) is 4.15. The van der Waals surface area contributed by atoms with Gasteiger partial charge < -0.3 is 5.73 Å². The predicted octanol–water partition coefficient (Wildman–Crippen LogP) is 1.14. The Bertz CT molecular complexity index is 510. The van der Waals surface area contributed by atoms with E-state index in [1.54, 1.807) is 18.2 Å². The summed E-state index contributed by atoms with van der Waals surface area (Å²) < 4.78 is 27.6. The highest BCUT2D eigenvalue weighted by Gasteiger charge is 2.36. The number of benzene rings is 1. The molecule has 0 saturated heterocycles. The van der Waals surface area contributed by atoms with Crippen LogP contribution in [0.15, 0.2) is 23.1 Å². The topological polar surface area (TPSA) is 69.4 Å². The van der Waals surface area contributed by atoms with Crippen LogP contribution in [-0.4, -0.2) is 21.6 Å². The van der Waals surface area contributed by atoms with Crippen LogP contribution in [0.1, 0.15) is 23.5 Å². The van der Waals surface area contributed by atoms with Crippen LogP contribution < -0.4 is 5.73 Å². The minimum Gasteiger partial charge on any atom is -0.327 e. The van der Waals surface area contributed by atoms with Gasteiger partial charge in [-0.3, -0.25) is 4.18 Å². The van der Waals surface area contributed by atoms with Gasteiger partial charge in [0.25, 0.3) is 10.1 Å². The van der Waals surface area contributed by atoms with Crippen LogP contribution in [0.3, 0.4) is 0 Å². The first-order valence-corrected chi connectivity index (χ1v) is 6.53. The van der Waals surface area contributed by atoms with Crippen molar-refractivity contribution in [1.82, 2.24) is 0 Å². The molecule has 0 spiro atoms. The largest absolute Gasteiger partial charge is 0.327 e. The molecule has 0 unspecified atom stereocenters. The zero-order valence-electron chi connectivity index (χ0n) is 9.30. The summed E-state index contributed by atoms with van der Waals surface area (Å²) in [6, 6.07) is 5.20. The van der Waals surface area contributed by atoms with Gasteiger partial charge in [0.1, 0.15) is 0 Å². The molecule has 2 atom stereocenters. The lowest BCUT2D eigenvalue weighted by molar-refractivity contribution is 0.397. The summed E-state index contributed by atoms with van der Waals surface area (Å²) in [5, 5.41) is 0. The highest BCUT2D eigenvalue weighted by molar-refractivity contribution is 7.86. The van der Waals surface area contributed by atoms with E-state index < -0.39 is 10.1 Å². The monoisotopic (exact) mass is 241 g/mol. The third-order valence-electron chi connectivity index (χ3n) is 3.00. The molecule has 2 rings (SSSR count). The minimum atomic E-state index is -3.60. The molecule has 0 radical (unpaired) electrons. The molecule has 16 heavy (non-hydrogen) atoms. The Morgan fingerprint density at radius 3 is 2.56 bits per heavy atom. The van der Waals surface area contributed by atoms with Gasteiger partial charge in [-0.15, -0.1) is 0 Å². The summed E-state index contributed by atoms with van der Waals surface area (Å²) in [5.41, 5.74) is 7.87. The molecule has 0 heterocycles. The molecule has 1 fully saturated rings. The van der Waals surface area contributed by atoms with E-state index in [4.69, 9.17) is 5.73 Å². The van der Waals surface area contributed by atoms with E-state index in [0.29, 0.717) is 5.92 Å². The van der Waals surface area contributed by atoms with Gasteiger partial charge in [0, 0.05) is 12.0 Å². The fourth-order valence-corrected chi connectivity index (χ4v) is 2.54. The zero-order valence-corrected chi connectivity index (χ0v) is 10.1. The molecule has 1 saturated carbocycles. The average Bonchev–Trinajstić information content (AvgIpc) is 2.96. The van der Waals surface area contributed by atoms with Crippen LogP contribution in [0.25, 0.3) is 0 Å². The lowest BCUT2D eigenvalue weighted by Crippen LogP contribution is -2.06. The van der Waals surface area contributed by atoms with E-state index in [1.807, 2.05) is 6.92 Å². The van der Waals surface area contributed by atoms with Crippen molar-refractivity contribution in [2.75, 3.05) is 7.11 Å². The van der Waals surface area contributed by atoms with Crippen LogP contribution >= 0.6 is 0 Å². The Balaban J connectivity index is 2.44. The number of nitrogens with two attached hydrogens (primary N) is 1. The summed E-state index contributed by atoms with van der Waals surface area (Å²) in [5.74, 6) is 0.298. The molecule has 5 heteroatoms. The number of rotatable bonds is 3. The van der Waals surface area contributed by atoms with Gasteiger partial charge in [0.05, 0.1) is 12.0 Å². The van der Waals surface area contributed by atoms with Gasteiger partial charge in [-0.1, -0.05) is 6.07 Å². The quantitative estimate of drug-likeness (QED) is 0.806. The summed E-state index contributed by atoms with van der Waals surface area (Å²) in [6.45, 7) is 1.96. The molecule has 2 N–H and O–H groups in total. The van der Waals surface area contributed by atoms with Gasteiger partial charge in [0.2, 0.25) is 0 Å².